The van der Waals surface area contributed by atoms with Gasteiger partial charge in [-0.05, 0) is 39.3 Å². The first-order valence-corrected chi connectivity index (χ1v) is 7.29. The summed E-state index contributed by atoms with van der Waals surface area (Å²) in [4.78, 5) is 1.37. The minimum Gasteiger partial charge on any atom is -0.311 e. The Bertz CT molecular complexity index is 347. The quantitative estimate of drug-likeness (QED) is 0.758. The van der Waals surface area contributed by atoms with E-state index >= 15 is 0 Å². The first kappa shape index (κ1) is 14.6. The molecule has 0 saturated heterocycles. The lowest BCUT2D eigenvalue weighted by Gasteiger charge is -2.26. The molecule has 0 spiro atoms. The maximum atomic E-state index is 3.62. The molecule has 1 aromatic carbocycles. The zero-order valence-corrected chi connectivity index (χ0v) is 12.5. The highest BCUT2D eigenvalue weighted by Gasteiger charge is 2.15. The Kier molecular flexibility index (Phi) is 5.54. The van der Waals surface area contributed by atoms with E-state index in [1.165, 1.54) is 10.5 Å². The van der Waals surface area contributed by atoms with E-state index in [2.05, 4.69) is 64.2 Å². The summed E-state index contributed by atoms with van der Waals surface area (Å²) in [6.07, 6.45) is 1.16. The monoisotopic (exact) mass is 251 g/mol. The van der Waals surface area contributed by atoms with Crippen LogP contribution in [-0.4, -0.2) is 17.3 Å². The summed E-state index contributed by atoms with van der Waals surface area (Å²) in [5.41, 5.74) is 1.59. The van der Waals surface area contributed by atoms with Crippen LogP contribution in [0.3, 0.4) is 0 Å². The molecule has 0 amide bonds. The molecule has 0 heterocycles. The Labute approximate surface area is 110 Å². The van der Waals surface area contributed by atoms with Crippen LogP contribution in [0.1, 0.15) is 39.7 Å². The summed E-state index contributed by atoms with van der Waals surface area (Å²) in [5, 5.41) is 4.22. The fraction of sp³-hybridized carbons (Fsp3) is 0.600. The minimum atomic E-state index is 0.251. The van der Waals surface area contributed by atoms with Crippen molar-refractivity contribution in [2.75, 3.05) is 6.54 Å². The van der Waals surface area contributed by atoms with Crippen molar-refractivity contribution >= 4 is 11.8 Å². The van der Waals surface area contributed by atoms with Crippen molar-refractivity contribution in [3.8, 4) is 0 Å². The Morgan fingerprint density at radius 2 is 2.06 bits per heavy atom. The molecule has 0 saturated carbocycles. The van der Waals surface area contributed by atoms with Crippen LogP contribution in [0.4, 0.5) is 0 Å². The maximum Gasteiger partial charge on any atom is 0.0191 e. The number of hydrogen-bond acceptors (Lipinski definition) is 2. The maximum absolute atomic E-state index is 3.62. The second-order valence-corrected chi connectivity index (χ2v) is 6.88. The molecule has 2 heteroatoms. The van der Waals surface area contributed by atoms with E-state index < -0.39 is 0 Å². The van der Waals surface area contributed by atoms with E-state index in [-0.39, 0.29) is 5.54 Å². The van der Waals surface area contributed by atoms with Gasteiger partial charge < -0.3 is 5.32 Å². The van der Waals surface area contributed by atoms with E-state index in [0.29, 0.717) is 5.25 Å². The first-order valence-electron chi connectivity index (χ1n) is 6.41. The van der Waals surface area contributed by atoms with Gasteiger partial charge in [-0.1, -0.05) is 31.5 Å². The summed E-state index contributed by atoms with van der Waals surface area (Å²) >= 11 is 1.95. The fourth-order valence-corrected chi connectivity index (χ4v) is 2.55. The van der Waals surface area contributed by atoms with Crippen molar-refractivity contribution in [2.45, 2.75) is 56.7 Å². The molecule has 1 unspecified atom stereocenters. The van der Waals surface area contributed by atoms with Gasteiger partial charge in [-0.25, -0.2) is 0 Å². The number of nitrogens with one attached hydrogen (secondary N) is 1. The number of thioether (sulfide) groups is 1. The molecule has 0 bridgehead atoms. The smallest absolute Gasteiger partial charge is 0.0191 e. The van der Waals surface area contributed by atoms with Crippen LogP contribution in [0, 0.1) is 6.92 Å². The Balaban J connectivity index is 2.42. The highest BCUT2D eigenvalue weighted by Crippen LogP contribution is 2.24. The van der Waals surface area contributed by atoms with Crippen LogP contribution >= 0.6 is 11.8 Å². The second kappa shape index (κ2) is 6.46. The Morgan fingerprint density at radius 1 is 1.35 bits per heavy atom. The molecule has 0 aliphatic carbocycles. The summed E-state index contributed by atoms with van der Waals surface area (Å²) < 4.78 is 0. The molecule has 1 N–H and O–H groups in total. The molecule has 1 rings (SSSR count). The third-order valence-electron chi connectivity index (χ3n) is 3.08. The molecule has 0 aromatic heterocycles. The van der Waals surface area contributed by atoms with Crippen molar-refractivity contribution in [2.24, 2.45) is 0 Å². The predicted octanol–water partition coefficient (Wildman–Crippen LogP) is 4.25. The van der Waals surface area contributed by atoms with Crippen LogP contribution in [0.2, 0.25) is 0 Å². The molecule has 0 aliphatic heterocycles. The lowest BCUT2D eigenvalue weighted by atomic mass is 10.0. The lowest BCUT2D eigenvalue weighted by Crippen LogP contribution is -2.41. The number of hydrogen-bond donors (Lipinski definition) is 1. The zero-order valence-electron chi connectivity index (χ0n) is 11.7. The molecule has 0 aliphatic rings. The summed E-state index contributed by atoms with van der Waals surface area (Å²) in [6, 6.07) is 8.73. The molecule has 1 aromatic rings. The topological polar surface area (TPSA) is 12.0 Å². The van der Waals surface area contributed by atoms with Gasteiger partial charge in [0.05, 0.1) is 0 Å². The normalized spacial score (nSPS) is 13.7. The van der Waals surface area contributed by atoms with Gasteiger partial charge >= 0.3 is 0 Å². The van der Waals surface area contributed by atoms with Gasteiger partial charge in [-0.2, -0.15) is 0 Å². The third-order valence-corrected chi connectivity index (χ3v) is 4.17. The van der Waals surface area contributed by atoms with E-state index in [1.807, 2.05) is 11.8 Å². The van der Waals surface area contributed by atoms with Crippen LogP contribution in [0.5, 0.6) is 0 Å². The van der Waals surface area contributed by atoms with Crippen molar-refractivity contribution in [3.63, 3.8) is 0 Å². The standard InChI is InChI=1S/C15H25NS/c1-6-15(4,5)16-11-13(3)17-14-9-7-8-12(2)10-14/h7-10,13,16H,6,11H2,1-5H3. The highest BCUT2D eigenvalue weighted by atomic mass is 32.2. The van der Waals surface area contributed by atoms with Crippen LogP contribution in [-0.2, 0) is 0 Å². The molecule has 1 atom stereocenters. The summed E-state index contributed by atoms with van der Waals surface area (Å²) in [5.74, 6) is 0. The van der Waals surface area contributed by atoms with Crippen LogP contribution < -0.4 is 5.32 Å². The minimum absolute atomic E-state index is 0.251. The Hall–Kier alpha value is -0.470. The largest absolute Gasteiger partial charge is 0.311 e. The van der Waals surface area contributed by atoms with Gasteiger partial charge in [0.15, 0.2) is 0 Å². The van der Waals surface area contributed by atoms with E-state index in [0.717, 1.165) is 13.0 Å². The third kappa shape index (κ3) is 5.60. The molecule has 96 valence electrons. The summed E-state index contributed by atoms with van der Waals surface area (Å²) in [6.45, 7) is 12.2. The average Bonchev–Trinajstić information content (AvgIpc) is 2.27. The van der Waals surface area contributed by atoms with Gasteiger partial charge in [0.25, 0.3) is 0 Å². The predicted molar refractivity (Wildman–Crippen MR) is 78.9 cm³/mol. The molecular weight excluding hydrogens is 226 g/mol. The van der Waals surface area contributed by atoms with Crippen LogP contribution in [0.15, 0.2) is 29.2 Å². The van der Waals surface area contributed by atoms with Gasteiger partial charge in [0.2, 0.25) is 0 Å². The number of rotatable bonds is 6. The van der Waals surface area contributed by atoms with Crippen molar-refractivity contribution < 1.29 is 0 Å². The van der Waals surface area contributed by atoms with Crippen molar-refractivity contribution in [3.05, 3.63) is 29.8 Å². The molecule has 17 heavy (non-hydrogen) atoms. The lowest BCUT2D eigenvalue weighted by molar-refractivity contribution is 0.379. The fourth-order valence-electron chi connectivity index (χ4n) is 1.51. The van der Waals surface area contributed by atoms with Crippen LogP contribution in [0.25, 0.3) is 0 Å². The number of benzene rings is 1. The summed E-state index contributed by atoms with van der Waals surface area (Å²) in [7, 11) is 0. The SMILES string of the molecule is CCC(C)(C)NCC(C)Sc1cccc(C)c1. The van der Waals surface area contributed by atoms with Gasteiger partial charge in [0.1, 0.15) is 0 Å². The van der Waals surface area contributed by atoms with Gasteiger partial charge in [-0.3, -0.25) is 0 Å². The zero-order chi connectivity index (χ0) is 12.9. The average molecular weight is 251 g/mol. The van der Waals surface area contributed by atoms with Gasteiger partial charge in [-0.15, -0.1) is 11.8 Å². The van der Waals surface area contributed by atoms with Crippen molar-refractivity contribution in [1.29, 1.82) is 0 Å². The van der Waals surface area contributed by atoms with Crippen molar-refractivity contribution in [1.82, 2.24) is 5.32 Å². The molecule has 0 fully saturated rings. The van der Waals surface area contributed by atoms with E-state index in [4.69, 9.17) is 0 Å². The first-order chi connectivity index (χ1) is 7.93. The van der Waals surface area contributed by atoms with Gasteiger partial charge in [0, 0.05) is 22.2 Å². The second-order valence-electron chi connectivity index (χ2n) is 5.36. The highest BCUT2D eigenvalue weighted by molar-refractivity contribution is 8.00. The van der Waals surface area contributed by atoms with E-state index in [1.54, 1.807) is 0 Å². The van der Waals surface area contributed by atoms with E-state index in [9.17, 15) is 0 Å². The Morgan fingerprint density at radius 3 is 2.65 bits per heavy atom. The molecule has 0 radical (unpaired) electrons. The number of aryl methyl sites for hydroxylation is 1. The molecular formula is C15H25NS. The molecule has 1 nitrogen and oxygen atoms in total.